The Morgan fingerprint density at radius 2 is 1.86 bits per heavy atom. The third-order valence-corrected chi connectivity index (χ3v) is 4.41. The summed E-state index contributed by atoms with van der Waals surface area (Å²) in [6.07, 6.45) is 0. The van der Waals surface area contributed by atoms with E-state index in [4.69, 9.17) is 18.9 Å². The molecule has 7 nitrogen and oxygen atoms in total. The van der Waals surface area contributed by atoms with E-state index in [-0.39, 0.29) is 30.8 Å². The second kappa shape index (κ2) is 11.0. The number of fused-ring (bicyclic) bond motifs is 1. The van der Waals surface area contributed by atoms with Gasteiger partial charge in [0.1, 0.15) is 0 Å². The summed E-state index contributed by atoms with van der Waals surface area (Å²) in [5, 5.41) is 3.39. The molecule has 0 fully saturated rings. The number of ether oxygens (including phenoxy) is 4. The minimum absolute atomic E-state index is 0. The van der Waals surface area contributed by atoms with Crippen LogP contribution in [0.5, 0.6) is 23.0 Å². The highest BCUT2D eigenvalue weighted by Crippen LogP contribution is 2.32. The highest BCUT2D eigenvalue weighted by Gasteiger charge is 2.15. The Balaban J connectivity index is 0.00000300. The number of benzene rings is 2. The number of rotatable bonds is 7. The molecule has 0 saturated heterocycles. The van der Waals surface area contributed by atoms with Crippen LogP contribution < -0.4 is 24.3 Å². The molecular weight excluding hydrogens is 485 g/mol. The van der Waals surface area contributed by atoms with Crippen molar-refractivity contribution in [3.8, 4) is 23.0 Å². The molecule has 1 N–H and O–H groups in total. The Morgan fingerprint density at radius 1 is 1.10 bits per heavy atom. The second-order valence-corrected chi connectivity index (χ2v) is 6.36. The first-order valence-corrected chi connectivity index (χ1v) is 9.24. The normalized spacial score (nSPS) is 12.2. The van der Waals surface area contributed by atoms with Gasteiger partial charge in [-0.15, -0.1) is 24.0 Å². The van der Waals surface area contributed by atoms with Gasteiger partial charge in [0.15, 0.2) is 29.0 Å². The smallest absolute Gasteiger partial charge is 0.231 e. The Kier molecular flexibility index (Phi) is 8.69. The molecule has 2 aromatic rings. The standard InChI is InChI=1S/C21H27N3O4.HI/c1-5-26-19-10-15(6-8-17(19)25-4)12-23-21(22-2)24(3)13-16-7-9-18-20(11-16)28-14-27-18;/h6-11H,5,12-14H2,1-4H3,(H,22,23);1H. The molecule has 0 aliphatic carbocycles. The number of hydrogen-bond acceptors (Lipinski definition) is 5. The lowest BCUT2D eigenvalue weighted by Gasteiger charge is -2.22. The molecule has 1 heterocycles. The van der Waals surface area contributed by atoms with Gasteiger partial charge >= 0.3 is 0 Å². The van der Waals surface area contributed by atoms with Crippen LogP contribution in [0.15, 0.2) is 41.4 Å². The van der Waals surface area contributed by atoms with Crippen LogP contribution >= 0.6 is 24.0 Å². The topological polar surface area (TPSA) is 64.6 Å². The van der Waals surface area contributed by atoms with Crippen LogP contribution in [-0.2, 0) is 13.1 Å². The maximum atomic E-state index is 5.65. The molecule has 158 valence electrons. The van der Waals surface area contributed by atoms with E-state index in [0.29, 0.717) is 19.7 Å². The van der Waals surface area contributed by atoms with Gasteiger partial charge in [0.05, 0.1) is 13.7 Å². The van der Waals surface area contributed by atoms with Gasteiger partial charge in [-0.1, -0.05) is 12.1 Å². The summed E-state index contributed by atoms with van der Waals surface area (Å²) in [4.78, 5) is 6.44. The molecule has 0 aromatic heterocycles. The van der Waals surface area contributed by atoms with Gasteiger partial charge in [0.25, 0.3) is 0 Å². The predicted octanol–water partition coefficient (Wildman–Crippen LogP) is 3.65. The van der Waals surface area contributed by atoms with Gasteiger partial charge < -0.3 is 29.2 Å². The van der Waals surface area contributed by atoms with E-state index in [1.807, 2.05) is 50.4 Å². The fourth-order valence-corrected chi connectivity index (χ4v) is 3.05. The van der Waals surface area contributed by atoms with Crippen molar-refractivity contribution < 1.29 is 18.9 Å². The van der Waals surface area contributed by atoms with Crippen molar-refractivity contribution in [2.24, 2.45) is 4.99 Å². The van der Waals surface area contributed by atoms with Crippen LogP contribution in [0, 0.1) is 0 Å². The molecular formula is C21H28IN3O4. The summed E-state index contributed by atoms with van der Waals surface area (Å²) < 4.78 is 21.8. The fraction of sp³-hybridized carbons (Fsp3) is 0.381. The van der Waals surface area contributed by atoms with E-state index in [9.17, 15) is 0 Å². The van der Waals surface area contributed by atoms with Gasteiger partial charge in [0, 0.05) is 27.2 Å². The summed E-state index contributed by atoms with van der Waals surface area (Å²) >= 11 is 0. The number of guanidine groups is 1. The number of nitrogens with zero attached hydrogens (tertiary/aromatic N) is 2. The van der Waals surface area contributed by atoms with Crippen LogP contribution in [0.4, 0.5) is 0 Å². The van der Waals surface area contributed by atoms with E-state index in [2.05, 4.69) is 15.2 Å². The Bertz CT molecular complexity index is 845. The quantitative estimate of drug-likeness (QED) is 0.347. The minimum Gasteiger partial charge on any atom is -0.493 e. The SMILES string of the molecule is CCOc1cc(CNC(=NC)N(C)Cc2ccc3c(c2)OCO3)ccc1OC.I. The van der Waals surface area contributed by atoms with E-state index in [0.717, 1.165) is 40.1 Å². The predicted molar refractivity (Wildman–Crippen MR) is 124 cm³/mol. The Hall–Kier alpha value is -2.36. The zero-order valence-corrected chi connectivity index (χ0v) is 19.6. The molecule has 0 spiro atoms. The second-order valence-electron chi connectivity index (χ2n) is 6.36. The first-order valence-electron chi connectivity index (χ1n) is 9.24. The lowest BCUT2D eigenvalue weighted by Crippen LogP contribution is -2.38. The van der Waals surface area contributed by atoms with E-state index in [1.54, 1.807) is 14.2 Å². The van der Waals surface area contributed by atoms with E-state index < -0.39 is 0 Å². The summed E-state index contributed by atoms with van der Waals surface area (Å²) in [6.45, 7) is 4.15. The number of methoxy groups -OCH3 is 1. The Morgan fingerprint density at radius 3 is 2.59 bits per heavy atom. The third-order valence-electron chi connectivity index (χ3n) is 4.41. The zero-order chi connectivity index (χ0) is 19.9. The lowest BCUT2D eigenvalue weighted by atomic mass is 10.2. The molecule has 1 aliphatic rings. The van der Waals surface area contributed by atoms with Crippen molar-refractivity contribution in [3.05, 3.63) is 47.5 Å². The summed E-state index contributed by atoms with van der Waals surface area (Å²) in [5.41, 5.74) is 2.21. The molecule has 29 heavy (non-hydrogen) atoms. The summed E-state index contributed by atoms with van der Waals surface area (Å²) in [7, 11) is 5.42. The van der Waals surface area contributed by atoms with Gasteiger partial charge in [-0.05, 0) is 42.3 Å². The van der Waals surface area contributed by atoms with Crippen molar-refractivity contribution >= 4 is 29.9 Å². The number of halogens is 1. The van der Waals surface area contributed by atoms with Crippen LogP contribution in [-0.4, -0.2) is 45.5 Å². The first kappa shape index (κ1) is 22.9. The minimum atomic E-state index is 0. The molecule has 8 heteroatoms. The summed E-state index contributed by atoms with van der Waals surface area (Å²) in [5.74, 6) is 3.85. The molecule has 0 radical (unpaired) electrons. The highest BCUT2D eigenvalue weighted by atomic mass is 127. The molecule has 0 saturated carbocycles. The molecule has 0 unspecified atom stereocenters. The van der Waals surface area contributed by atoms with Crippen molar-refractivity contribution in [2.75, 3.05) is 34.6 Å². The van der Waals surface area contributed by atoms with Crippen LogP contribution in [0.25, 0.3) is 0 Å². The zero-order valence-electron chi connectivity index (χ0n) is 17.2. The Labute approximate surface area is 189 Å². The fourth-order valence-electron chi connectivity index (χ4n) is 3.05. The van der Waals surface area contributed by atoms with Gasteiger partial charge in [0.2, 0.25) is 6.79 Å². The average molecular weight is 513 g/mol. The largest absolute Gasteiger partial charge is 0.493 e. The molecule has 0 amide bonds. The average Bonchev–Trinajstić information content (AvgIpc) is 3.17. The van der Waals surface area contributed by atoms with Gasteiger partial charge in [-0.25, -0.2) is 0 Å². The monoisotopic (exact) mass is 513 g/mol. The van der Waals surface area contributed by atoms with Crippen molar-refractivity contribution in [3.63, 3.8) is 0 Å². The van der Waals surface area contributed by atoms with Crippen LogP contribution in [0.2, 0.25) is 0 Å². The number of hydrogen-bond donors (Lipinski definition) is 1. The maximum Gasteiger partial charge on any atom is 0.231 e. The molecule has 2 aromatic carbocycles. The molecule has 0 atom stereocenters. The van der Waals surface area contributed by atoms with E-state index in [1.165, 1.54) is 0 Å². The first-order chi connectivity index (χ1) is 13.6. The molecule has 3 rings (SSSR count). The number of aliphatic imine (C=N–C) groups is 1. The van der Waals surface area contributed by atoms with E-state index >= 15 is 0 Å². The van der Waals surface area contributed by atoms with Crippen molar-refractivity contribution in [2.45, 2.75) is 20.0 Å². The lowest BCUT2D eigenvalue weighted by molar-refractivity contribution is 0.174. The van der Waals surface area contributed by atoms with Crippen LogP contribution in [0.3, 0.4) is 0 Å². The molecule has 0 bridgehead atoms. The van der Waals surface area contributed by atoms with Gasteiger partial charge in [-0.2, -0.15) is 0 Å². The third kappa shape index (κ3) is 5.81. The van der Waals surface area contributed by atoms with Crippen molar-refractivity contribution in [1.29, 1.82) is 0 Å². The van der Waals surface area contributed by atoms with Crippen molar-refractivity contribution in [1.82, 2.24) is 10.2 Å². The highest BCUT2D eigenvalue weighted by molar-refractivity contribution is 14.0. The molecule has 1 aliphatic heterocycles. The van der Waals surface area contributed by atoms with Gasteiger partial charge in [-0.3, -0.25) is 4.99 Å². The van der Waals surface area contributed by atoms with Crippen LogP contribution in [0.1, 0.15) is 18.1 Å². The maximum absolute atomic E-state index is 5.65. The summed E-state index contributed by atoms with van der Waals surface area (Å²) in [6, 6.07) is 11.9. The number of nitrogens with one attached hydrogen (secondary N) is 1.